The second-order valence-corrected chi connectivity index (χ2v) is 5.90. The molecule has 0 aromatic rings. The van der Waals surface area contributed by atoms with Crippen molar-refractivity contribution in [3.63, 3.8) is 0 Å². The van der Waals surface area contributed by atoms with Crippen LogP contribution in [0.25, 0.3) is 0 Å². The molecule has 0 radical (unpaired) electrons. The van der Waals surface area contributed by atoms with Crippen LogP contribution in [0.4, 0.5) is 0 Å². The summed E-state index contributed by atoms with van der Waals surface area (Å²) in [7, 11) is 0. The first kappa shape index (κ1) is 14.5. The third-order valence-electron chi connectivity index (χ3n) is 2.90. The molecule has 0 bridgehead atoms. The van der Waals surface area contributed by atoms with E-state index in [1.807, 2.05) is 34.6 Å². The predicted molar refractivity (Wildman–Crippen MR) is 66.9 cm³/mol. The molecule has 0 aromatic carbocycles. The summed E-state index contributed by atoms with van der Waals surface area (Å²) < 4.78 is 11.0. The number of nitrogens with zero attached hydrogens (tertiary/aromatic N) is 1. The summed E-state index contributed by atoms with van der Waals surface area (Å²) in [5.41, 5.74) is -0.424. The van der Waals surface area contributed by atoms with E-state index in [1.54, 1.807) is 0 Å². The molecule has 1 aliphatic heterocycles. The molecule has 4 nitrogen and oxygen atoms in total. The molecule has 100 valence electrons. The SMILES string of the molecule is CC1CN(C(C)C(=O)OC(C)(C)C)C(C)CO1. The summed E-state index contributed by atoms with van der Waals surface area (Å²) in [5, 5.41) is 0. The van der Waals surface area contributed by atoms with Gasteiger partial charge >= 0.3 is 5.97 Å². The van der Waals surface area contributed by atoms with Crippen molar-refractivity contribution in [2.75, 3.05) is 13.2 Å². The second-order valence-electron chi connectivity index (χ2n) is 5.90. The minimum atomic E-state index is -0.424. The van der Waals surface area contributed by atoms with Gasteiger partial charge in [0.2, 0.25) is 0 Å². The number of carbonyl (C=O) groups is 1. The average Bonchev–Trinajstić information content (AvgIpc) is 2.18. The average molecular weight is 243 g/mol. The van der Waals surface area contributed by atoms with Crippen molar-refractivity contribution in [3.05, 3.63) is 0 Å². The summed E-state index contributed by atoms with van der Waals surface area (Å²) in [6.07, 6.45) is 0.177. The molecule has 1 aliphatic rings. The molecule has 1 rings (SSSR count). The smallest absolute Gasteiger partial charge is 0.323 e. The highest BCUT2D eigenvalue weighted by molar-refractivity contribution is 5.75. The van der Waals surface area contributed by atoms with Gasteiger partial charge in [0.05, 0.1) is 12.7 Å². The first-order chi connectivity index (χ1) is 7.70. The van der Waals surface area contributed by atoms with Gasteiger partial charge in [-0.3, -0.25) is 9.69 Å². The van der Waals surface area contributed by atoms with E-state index in [4.69, 9.17) is 9.47 Å². The van der Waals surface area contributed by atoms with Crippen LogP contribution < -0.4 is 0 Å². The van der Waals surface area contributed by atoms with Crippen molar-refractivity contribution < 1.29 is 14.3 Å². The molecular weight excluding hydrogens is 218 g/mol. The van der Waals surface area contributed by atoms with Crippen molar-refractivity contribution >= 4 is 5.97 Å². The summed E-state index contributed by atoms with van der Waals surface area (Å²) in [6.45, 7) is 13.1. The van der Waals surface area contributed by atoms with Crippen LogP contribution in [0.2, 0.25) is 0 Å². The first-order valence-corrected chi connectivity index (χ1v) is 6.31. The Labute approximate surface area is 104 Å². The van der Waals surface area contributed by atoms with Gasteiger partial charge in [-0.15, -0.1) is 0 Å². The van der Waals surface area contributed by atoms with Crippen molar-refractivity contribution in [1.29, 1.82) is 0 Å². The van der Waals surface area contributed by atoms with Crippen molar-refractivity contribution in [2.24, 2.45) is 0 Å². The second kappa shape index (κ2) is 5.36. The fraction of sp³-hybridized carbons (Fsp3) is 0.923. The topological polar surface area (TPSA) is 38.8 Å². The number of ether oxygens (including phenoxy) is 2. The third kappa shape index (κ3) is 4.28. The Morgan fingerprint density at radius 1 is 1.41 bits per heavy atom. The van der Waals surface area contributed by atoms with Crippen LogP contribution in [0.1, 0.15) is 41.5 Å². The van der Waals surface area contributed by atoms with Crippen LogP contribution in [0.5, 0.6) is 0 Å². The highest BCUT2D eigenvalue weighted by Gasteiger charge is 2.33. The molecule has 4 heteroatoms. The van der Waals surface area contributed by atoms with E-state index in [1.165, 1.54) is 0 Å². The molecule has 3 unspecified atom stereocenters. The fourth-order valence-electron chi connectivity index (χ4n) is 1.99. The van der Waals surface area contributed by atoms with Crippen LogP contribution in [-0.4, -0.2) is 47.8 Å². The summed E-state index contributed by atoms with van der Waals surface area (Å²) >= 11 is 0. The maximum Gasteiger partial charge on any atom is 0.323 e. The Balaban J connectivity index is 2.61. The van der Waals surface area contributed by atoms with Crippen molar-refractivity contribution in [3.8, 4) is 0 Å². The van der Waals surface area contributed by atoms with Gasteiger partial charge in [-0.2, -0.15) is 0 Å². The third-order valence-corrected chi connectivity index (χ3v) is 2.90. The molecule has 3 atom stereocenters. The van der Waals surface area contributed by atoms with Gasteiger partial charge in [-0.05, 0) is 41.5 Å². The minimum absolute atomic E-state index is 0.154. The van der Waals surface area contributed by atoms with E-state index in [-0.39, 0.29) is 24.2 Å². The van der Waals surface area contributed by atoms with Crippen LogP contribution in [0.15, 0.2) is 0 Å². The van der Waals surface area contributed by atoms with Crippen molar-refractivity contribution in [2.45, 2.75) is 65.3 Å². The molecule has 0 spiro atoms. The fourth-order valence-corrected chi connectivity index (χ4v) is 1.99. The van der Waals surface area contributed by atoms with E-state index in [9.17, 15) is 4.79 Å². The number of hydrogen-bond donors (Lipinski definition) is 0. The summed E-state index contributed by atoms with van der Waals surface area (Å²) in [5.74, 6) is -0.154. The zero-order valence-corrected chi connectivity index (χ0v) is 11.8. The van der Waals surface area contributed by atoms with Crippen LogP contribution in [0, 0.1) is 0 Å². The highest BCUT2D eigenvalue weighted by Crippen LogP contribution is 2.17. The Bertz CT molecular complexity index is 272. The normalized spacial score (nSPS) is 28.8. The molecule has 1 heterocycles. The summed E-state index contributed by atoms with van der Waals surface area (Å²) in [4.78, 5) is 14.2. The predicted octanol–water partition coefficient (Wildman–Crippen LogP) is 1.83. The Morgan fingerprint density at radius 2 is 2.00 bits per heavy atom. The lowest BCUT2D eigenvalue weighted by molar-refractivity contribution is -0.165. The molecule has 17 heavy (non-hydrogen) atoms. The van der Waals surface area contributed by atoms with E-state index in [0.717, 1.165) is 6.54 Å². The Hall–Kier alpha value is -0.610. The number of carbonyl (C=O) groups excluding carboxylic acids is 1. The van der Waals surface area contributed by atoms with Gasteiger partial charge in [0.25, 0.3) is 0 Å². The van der Waals surface area contributed by atoms with Crippen LogP contribution in [0.3, 0.4) is 0 Å². The molecular formula is C13H25NO3. The minimum Gasteiger partial charge on any atom is -0.459 e. The lowest BCUT2D eigenvalue weighted by Gasteiger charge is -2.40. The van der Waals surface area contributed by atoms with Gasteiger partial charge in [-0.1, -0.05) is 0 Å². The van der Waals surface area contributed by atoms with Crippen LogP contribution >= 0.6 is 0 Å². The zero-order chi connectivity index (χ0) is 13.2. The molecule has 0 N–H and O–H groups in total. The molecule has 0 amide bonds. The standard InChI is InChI=1S/C13H25NO3/c1-9-8-16-10(2)7-14(9)11(3)12(15)17-13(4,5)6/h9-11H,7-8H2,1-6H3. The Morgan fingerprint density at radius 3 is 2.53 bits per heavy atom. The van der Waals surface area contributed by atoms with Gasteiger partial charge in [0.15, 0.2) is 0 Å². The number of morpholine rings is 1. The van der Waals surface area contributed by atoms with Crippen LogP contribution in [-0.2, 0) is 14.3 Å². The molecule has 0 aromatic heterocycles. The van der Waals surface area contributed by atoms with Gasteiger partial charge in [0.1, 0.15) is 11.6 Å². The largest absolute Gasteiger partial charge is 0.459 e. The maximum absolute atomic E-state index is 12.0. The summed E-state index contributed by atoms with van der Waals surface area (Å²) in [6, 6.07) is 0.0456. The zero-order valence-electron chi connectivity index (χ0n) is 11.8. The molecule has 1 fully saturated rings. The Kier molecular flexibility index (Phi) is 4.55. The van der Waals surface area contributed by atoms with Gasteiger partial charge < -0.3 is 9.47 Å². The van der Waals surface area contributed by atoms with Gasteiger partial charge in [0, 0.05) is 12.6 Å². The maximum atomic E-state index is 12.0. The van der Waals surface area contributed by atoms with Crippen molar-refractivity contribution in [1.82, 2.24) is 4.90 Å². The number of esters is 1. The molecule has 1 saturated heterocycles. The van der Waals surface area contributed by atoms with E-state index < -0.39 is 5.60 Å². The molecule has 0 aliphatic carbocycles. The highest BCUT2D eigenvalue weighted by atomic mass is 16.6. The lowest BCUT2D eigenvalue weighted by Crippen LogP contribution is -2.54. The molecule has 0 saturated carbocycles. The lowest BCUT2D eigenvalue weighted by atomic mass is 10.1. The van der Waals surface area contributed by atoms with E-state index >= 15 is 0 Å². The van der Waals surface area contributed by atoms with E-state index in [2.05, 4.69) is 11.8 Å². The van der Waals surface area contributed by atoms with Gasteiger partial charge in [-0.25, -0.2) is 0 Å². The quantitative estimate of drug-likeness (QED) is 0.694. The number of hydrogen-bond acceptors (Lipinski definition) is 4. The first-order valence-electron chi connectivity index (χ1n) is 6.31. The van der Waals surface area contributed by atoms with E-state index in [0.29, 0.717) is 6.61 Å². The monoisotopic (exact) mass is 243 g/mol. The number of rotatable bonds is 2.